The lowest BCUT2D eigenvalue weighted by Crippen LogP contribution is -2.37. The van der Waals surface area contributed by atoms with E-state index in [1.54, 1.807) is 6.20 Å². The van der Waals surface area contributed by atoms with Gasteiger partial charge >= 0.3 is 0 Å². The Morgan fingerprint density at radius 2 is 1.92 bits per heavy atom. The molecule has 7 nitrogen and oxygen atoms in total. The third-order valence-corrected chi connectivity index (χ3v) is 4.26. The number of aromatic nitrogens is 2. The van der Waals surface area contributed by atoms with E-state index in [1.165, 1.54) is 0 Å². The van der Waals surface area contributed by atoms with Gasteiger partial charge in [-0.3, -0.25) is 4.79 Å². The highest BCUT2D eigenvalue weighted by molar-refractivity contribution is 5.97. The fourth-order valence-corrected chi connectivity index (χ4v) is 2.83. The maximum absolute atomic E-state index is 12.7. The van der Waals surface area contributed by atoms with Crippen molar-refractivity contribution >= 4 is 17.4 Å². The van der Waals surface area contributed by atoms with Gasteiger partial charge in [-0.1, -0.05) is 48.0 Å². The summed E-state index contributed by atoms with van der Waals surface area (Å²) < 4.78 is 0. The second-order valence-corrected chi connectivity index (χ2v) is 6.12. The molecule has 1 aliphatic heterocycles. The number of nitrogens with one attached hydrogen (secondary N) is 3. The molecule has 0 saturated carbocycles. The van der Waals surface area contributed by atoms with Gasteiger partial charge in [0.15, 0.2) is 11.5 Å². The molecule has 0 fully saturated rings. The Morgan fingerprint density at radius 1 is 1.15 bits per heavy atom. The van der Waals surface area contributed by atoms with Crippen LogP contribution >= 0.6 is 0 Å². The Kier molecular flexibility index (Phi) is 3.98. The quantitative estimate of drug-likeness (QED) is 0.580. The molecule has 5 N–H and O–H groups in total. The van der Waals surface area contributed by atoms with E-state index in [0.29, 0.717) is 5.69 Å². The number of anilines is 2. The Morgan fingerprint density at radius 3 is 2.73 bits per heavy atom. The number of benzene rings is 2. The van der Waals surface area contributed by atoms with Crippen LogP contribution in [0.1, 0.15) is 27.8 Å². The van der Waals surface area contributed by atoms with Gasteiger partial charge in [-0.25, -0.2) is 15.4 Å². The summed E-state index contributed by atoms with van der Waals surface area (Å²) in [6, 6.07) is 15.6. The second-order valence-electron chi connectivity index (χ2n) is 6.12. The van der Waals surface area contributed by atoms with Crippen molar-refractivity contribution in [1.29, 1.82) is 0 Å². The monoisotopic (exact) mass is 346 g/mol. The highest BCUT2D eigenvalue weighted by atomic mass is 16.2. The van der Waals surface area contributed by atoms with Crippen LogP contribution in [0, 0.1) is 6.92 Å². The third-order valence-electron chi connectivity index (χ3n) is 4.26. The minimum Gasteiger partial charge on any atom is -0.382 e. The number of aryl methyl sites for hydroxylation is 1. The lowest BCUT2D eigenvalue weighted by atomic mass is 10.1. The van der Waals surface area contributed by atoms with Crippen LogP contribution < -0.4 is 21.9 Å². The molecule has 2 aromatic carbocycles. The molecule has 7 heteroatoms. The first kappa shape index (κ1) is 16.0. The van der Waals surface area contributed by atoms with E-state index in [2.05, 4.69) is 26.1 Å². The minimum absolute atomic E-state index is 0.0950. The van der Waals surface area contributed by atoms with E-state index in [-0.39, 0.29) is 23.6 Å². The Balaban J connectivity index is 1.60. The third kappa shape index (κ3) is 2.96. The fraction of sp³-hybridized carbons (Fsp3) is 0.105. The Bertz CT molecular complexity index is 970. The number of rotatable bonds is 3. The van der Waals surface area contributed by atoms with Crippen LogP contribution in [0.5, 0.6) is 0 Å². The topological polar surface area (TPSA) is 105 Å². The van der Waals surface area contributed by atoms with Gasteiger partial charge in [0.2, 0.25) is 0 Å². The molecule has 1 atom stereocenters. The molecular weight excluding hydrogens is 328 g/mol. The van der Waals surface area contributed by atoms with E-state index in [1.807, 2.05) is 55.5 Å². The van der Waals surface area contributed by atoms with Crippen molar-refractivity contribution in [2.45, 2.75) is 13.1 Å². The Hall–Kier alpha value is -3.45. The summed E-state index contributed by atoms with van der Waals surface area (Å²) >= 11 is 0. The van der Waals surface area contributed by atoms with Gasteiger partial charge in [-0.15, -0.1) is 0 Å². The number of para-hydroxylation sites is 1. The van der Waals surface area contributed by atoms with Crippen LogP contribution in [0.25, 0.3) is 11.3 Å². The number of nitrogens with two attached hydrogens (primary N) is 1. The van der Waals surface area contributed by atoms with Crippen LogP contribution in [0.15, 0.2) is 54.7 Å². The normalized spacial score (nSPS) is 15.2. The van der Waals surface area contributed by atoms with Crippen molar-refractivity contribution in [2.24, 2.45) is 0 Å². The summed E-state index contributed by atoms with van der Waals surface area (Å²) in [6.45, 7) is 2.01. The highest BCUT2D eigenvalue weighted by Crippen LogP contribution is 2.26. The molecular formula is C19H18N6O. The average Bonchev–Trinajstić information content (AvgIpc) is 3.06. The smallest absolute Gasteiger partial charge is 0.275 e. The molecule has 3 aromatic rings. The van der Waals surface area contributed by atoms with Crippen LogP contribution in [0.4, 0.5) is 11.5 Å². The number of carbonyl (C=O) groups is 1. The zero-order chi connectivity index (χ0) is 18.1. The second kappa shape index (κ2) is 6.45. The molecule has 1 unspecified atom stereocenters. The van der Waals surface area contributed by atoms with E-state index < -0.39 is 0 Å². The van der Waals surface area contributed by atoms with Crippen LogP contribution in [-0.4, -0.2) is 15.9 Å². The summed E-state index contributed by atoms with van der Waals surface area (Å²) in [6.07, 6.45) is 1.20. The first-order chi connectivity index (χ1) is 12.6. The SMILES string of the molecule is Cc1ccc(-c2cnc(N)c(C(=O)NC3NNc4ccccc43)n2)cc1. The molecule has 0 saturated heterocycles. The molecule has 0 spiro atoms. The number of fused-ring (bicyclic) bond motifs is 1. The van der Waals surface area contributed by atoms with E-state index >= 15 is 0 Å². The Labute approximate surface area is 150 Å². The maximum Gasteiger partial charge on any atom is 0.275 e. The number of hydrogen-bond donors (Lipinski definition) is 4. The van der Waals surface area contributed by atoms with Crippen molar-refractivity contribution in [3.05, 3.63) is 71.5 Å². The average molecular weight is 346 g/mol. The van der Waals surface area contributed by atoms with E-state index in [9.17, 15) is 4.79 Å². The molecule has 2 heterocycles. The van der Waals surface area contributed by atoms with Crippen LogP contribution in [-0.2, 0) is 0 Å². The maximum atomic E-state index is 12.7. The van der Waals surface area contributed by atoms with Gasteiger partial charge in [-0.2, -0.15) is 0 Å². The number of nitrogen functional groups attached to an aromatic ring is 1. The van der Waals surface area contributed by atoms with Gasteiger partial charge in [0, 0.05) is 11.1 Å². The van der Waals surface area contributed by atoms with E-state index in [4.69, 9.17) is 5.73 Å². The van der Waals surface area contributed by atoms with Crippen molar-refractivity contribution in [2.75, 3.05) is 11.2 Å². The molecule has 1 amide bonds. The summed E-state index contributed by atoms with van der Waals surface area (Å²) in [5.41, 5.74) is 16.5. The van der Waals surface area contributed by atoms with Crippen LogP contribution in [0.2, 0.25) is 0 Å². The number of hydrazine groups is 1. The van der Waals surface area contributed by atoms with Crippen molar-refractivity contribution < 1.29 is 4.79 Å². The predicted octanol–water partition coefficient (Wildman–Crippen LogP) is 2.39. The molecule has 1 aromatic heterocycles. The van der Waals surface area contributed by atoms with Crippen molar-refractivity contribution in [3.63, 3.8) is 0 Å². The first-order valence-electron chi connectivity index (χ1n) is 8.23. The predicted molar refractivity (Wildman–Crippen MR) is 100 cm³/mol. The van der Waals surface area contributed by atoms with Gasteiger partial charge in [0.25, 0.3) is 5.91 Å². The minimum atomic E-state index is -0.389. The van der Waals surface area contributed by atoms with Crippen molar-refractivity contribution in [3.8, 4) is 11.3 Å². The molecule has 130 valence electrons. The number of carbonyl (C=O) groups excluding carboxylic acids is 1. The highest BCUT2D eigenvalue weighted by Gasteiger charge is 2.25. The molecule has 1 aliphatic rings. The lowest BCUT2D eigenvalue weighted by Gasteiger charge is -2.14. The molecule has 0 bridgehead atoms. The lowest BCUT2D eigenvalue weighted by molar-refractivity contribution is 0.0928. The summed E-state index contributed by atoms with van der Waals surface area (Å²) in [7, 11) is 0. The molecule has 4 rings (SSSR count). The van der Waals surface area contributed by atoms with Gasteiger partial charge in [0.05, 0.1) is 17.6 Å². The first-order valence-corrected chi connectivity index (χ1v) is 8.23. The number of hydrogen-bond acceptors (Lipinski definition) is 6. The standard InChI is InChI=1S/C19H18N6O/c1-11-6-8-12(9-7-11)15-10-21-17(20)16(22-15)19(26)23-18-13-4-2-3-5-14(13)24-25-18/h2-10,18,24-25H,1H3,(H2,20,21)(H,23,26). The van der Waals surface area contributed by atoms with Crippen LogP contribution in [0.3, 0.4) is 0 Å². The zero-order valence-electron chi connectivity index (χ0n) is 14.2. The largest absolute Gasteiger partial charge is 0.382 e. The van der Waals surface area contributed by atoms with E-state index in [0.717, 1.165) is 22.4 Å². The fourth-order valence-electron chi connectivity index (χ4n) is 2.83. The zero-order valence-corrected chi connectivity index (χ0v) is 14.2. The van der Waals surface area contributed by atoms with Gasteiger partial charge in [-0.05, 0) is 13.0 Å². The van der Waals surface area contributed by atoms with Gasteiger partial charge in [0.1, 0.15) is 6.17 Å². The molecule has 26 heavy (non-hydrogen) atoms. The molecule has 0 aliphatic carbocycles. The van der Waals surface area contributed by atoms with Crippen molar-refractivity contribution in [1.82, 2.24) is 20.7 Å². The number of amides is 1. The summed E-state index contributed by atoms with van der Waals surface area (Å²) in [5, 5.41) is 2.88. The molecule has 0 radical (unpaired) electrons. The summed E-state index contributed by atoms with van der Waals surface area (Å²) in [4.78, 5) is 21.3. The summed E-state index contributed by atoms with van der Waals surface area (Å²) in [5.74, 6) is -0.294. The van der Waals surface area contributed by atoms with Gasteiger partial charge < -0.3 is 16.5 Å². The number of nitrogens with zero attached hydrogens (tertiary/aromatic N) is 2.